The molecule has 1 heterocycles. The molecule has 1 amide bonds. The molecule has 5 nitrogen and oxygen atoms in total. The highest BCUT2D eigenvalue weighted by atomic mass is 19.1. The largest absolute Gasteiger partial charge is 0.468 e. The monoisotopic (exact) mass is 284 g/mol. The van der Waals surface area contributed by atoms with E-state index in [4.69, 9.17) is 0 Å². The zero-order chi connectivity index (χ0) is 14.7. The van der Waals surface area contributed by atoms with Gasteiger partial charge in [-0.25, -0.2) is 8.78 Å². The molecule has 1 atom stereocenters. The Balaban J connectivity index is 2.02. The molecule has 108 valence electrons. The minimum absolute atomic E-state index is 0.0504. The van der Waals surface area contributed by atoms with Crippen molar-refractivity contribution in [2.45, 2.75) is 12.5 Å². The standard InChI is InChI=1S/C13H14F2N2O3/c1-20-12(18)7-16-13(19)10-4-5-17(10)11-6-8(14)2-3-9(11)15/h2-3,6,10H,4-5,7H2,1H3,(H,16,19)/t10-/m0/s1. The molecule has 1 fully saturated rings. The maximum Gasteiger partial charge on any atom is 0.325 e. The first-order chi connectivity index (χ1) is 9.52. The number of nitrogens with zero attached hydrogens (tertiary/aromatic N) is 1. The van der Waals surface area contributed by atoms with E-state index in [0.717, 1.165) is 18.2 Å². The maximum atomic E-state index is 13.6. The van der Waals surface area contributed by atoms with Crippen molar-refractivity contribution in [3.05, 3.63) is 29.8 Å². The first-order valence-corrected chi connectivity index (χ1v) is 6.09. The third-order valence-electron chi connectivity index (χ3n) is 3.17. The zero-order valence-corrected chi connectivity index (χ0v) is 10.9. The molecule has 20 heavy (non-hydrogen) atoms. The number of anilines is 1. The topological polar surface area (TPSA) is 58.6 Å². The molecule has 0 aromatic heterocycles. The number of amides is 1. The Hall–Kier alpha value is -2.18. The molecule has 1 aliphatic rings. The van der Waals surface area contributed by atoms with Gasteiger partial charge in [0.15, 0.2) is 0 Å². The van der Waals surface area contributed by atoms with Gasteiger partial charge in [0.1, 0.15) is 24.2 Å². The van der Waals surface area contributed by atoms with Gasteiger partial charge in [0.25, 0.3) is 0 Å². The highest BCUT2D eigenvalue weighted by molar-refractivity contribution is 5.89. The van der Waals surface area contributed by atoms with Crippen molar-refractivity contribution >= 4 is 17.6 Å². The lowest BCUT2D eigenvalue weighted by Gasteiger charge is -2.41. The summed E-state index contributed by atoms with van der Waals surface area (Å²) in [5.74, 6) is -2.13. The number of methoxy groups -OCH3 is 1. The maximum absolute atomic E-state index is 13.6. The Morgan fingerprint density at radius 1 is 1.45 bits per heavy atom. The fourth-order valence-electron chi connectivity index (χ4n) is 2.00. The molecule has 0 unspecified atom stereocenters. The Kier molecular flexibility index (Phi) is 4.16. The summed E-state index contributed by atoms with van der Waals surface area (Å²) < 4.78 is 31.2. The fraction of sp³-hybridized carbons (Fsp3) is 0.385. The Bertz CT molecular complexity index is 536. The number of nitrogens with one attached hydrogen (secondary N) is 1. The Morgan fingerprint density at radius 2 is 2.20 bits per heavy atom. The minimum atomic E-state index is -0.601. The van der Waals surface area contributed by atoms with Crippen LogP contribution in [0.2, 0.25) is 0 Å². The summed E-state index contributed by atoms with van der Waals surface area (Å²) in [5, 5.41) is 2.40. The molecule has 1 N–H and O–H groups in total. The second kappa shape index (κ2) is 5.85. The number of benzene rings is 1. The van der Waals surface area contributed by atoms with Crippen molar-refractivity contribution in [1.29, 1.82) is 0 Å². The second-order valence-corrected chi connectivity index (χ2v) is 4.39. The molecule has 1 aliphatic heterocycles. The van der Waals surface area contributed by atoms with Crippen molar-refractivity contribution in [2.24, 2.45) is 0 Å². The van der Waals surface area contributed by atoms with Crippen molar-refractivity contribution < 1.29 is 23.1 Å². The van der Waals surface area contributed by atoms with Crippen LogP contribution < -0.4 is 10.2 Å². The fourth-order valence-corrected chi connectivity index (χ4v) is 2.00. The lowest BCUT2D eigenvalue weighted by molar-refractivity contribution is -0.141. The lowest BCUT2D eigenvalue weighted by atomic mass is 10.0. The van der Waals surface area contributed by atoms with Crippen LogP contribution in [0, 0.1) is 11.6 Å². The van der Waals surface area contributed by atoms with Gasteiger partial charge in [-0.1, -0.05) is 0 Å². The van der Waals surface area contributed by atoms with E-state index in [1.165, 1.54) is 12.0 Å². The Labute approximate surface area is 114 Å². The van der Waals surface area contributed by atoms with Crippen molar-refractivity contribution in [3.8, 4) is 0 Å². The van der Waals surface area contributed by atoms with E-state index in [-0.39, 0.29) is 12.2 Å². The van der Waals surface area contributed by atoms with Crippen LogP contribution >= 0.6 is 0 Å². The molecule has 0 radical (unpaired) electrons. The number of ether oxygens (including phenoxy) is 1. The van der Waals surface area contributed by atoms with E-state index >= 15 is 0 Å². The van der Waals surface area contributed by atoms with Gasteiger partial charge in [0, 0.05) is 12.6 Å². The summed E-state index contributed by atoms with van der Waals surface area (Å²) >= 11 is 0. The zero-order valence-electron chi connectivity index (χ0n) is 10.9. The summed E-state index contributed by atoms with van der Waals surface area (Å²) in [6, 6.07) is 2.49. The average Bonchev–Trinajstić information content (AvgIpc) is 2.39. The molecule has 2 rings (SSSR count). The molecule has 0 bridgehead atoms. The predicted molar refractivity (Wildman–Crippen MR) is 67.1 cm³/mol. The molecule has 7 heteroatoms. The quantitative estimate of drug-likeness (QED) is 0.832. The van der Waals surface area contributed by atoms with Crippen LogP contribution in [0.3, 0.4) is 0 Å². The summed E-state index contributed by atoms with van der Waals surface area (Å²) in [7, 11) is 1.21. The summed E-state index contributed by atoms with van der Waals surface area (Å²) in [6.07, 6.45) is 0.517. The third kappa shape index (κ3) is 2.87. The first kappa shape index (κ1) is 14.2. The Morgan fingerprint density at radius 3 is 2.80 bits per heavy atom. The number of rotatable bonds is 4. The molecule has 0 saturated carbocycles. The van der Waals surface area contributed by atoms with Crippen molar-refractivity contribution in [1.82, 2.24) is 5.32 Å². The van der Waals surface area contributed by atoms with Crippen LogP contribution in [0.15, 0.2) is 18.2 Å². The van der Waals surface area contributed by atoms with E-state index in [2.05, 4.69) is 10.1 Å². The van der Waals surface area contributed by atoms with E-state index in [1.807, 2.05) is 0 Å². The smallest absolute Gasteiger partial charge is 0.325 e. The van der Waals surface area contributed by atoms with Gasteiger partial charge in [-0.2, -0.15) is 0 Å². The van der Waals surface area contributed by atoms with Gasteiger partial charge >= 0.3 is 5.97 Å². The van der Waals surface area contributed by atoms with E-state index in [9.17, 15) is 18.4 Å². The van der Waals surface area contributed by atoms with Crippen LogP contribution in [0.25, 0.3) is 0 Å². The van der Waals surface area contributed by atoms with E-state index in [0.29, 0.717) is 13.0 Å². The van der Waals surface area contributed by atoms with Crippen LogP contribution in [0.5, 0.6) is 0 Å². The average molecular weight is 284 g/mol. The first-order valence-electron chi connectivity index (χ1n) is 6.09. The molecule has 0 aliphatic carbocycles. The van der Waals surface area contributed by atoms with Gasteiger partial charge in [0.05, 0.1) is 12.8 Å². The van der Waals surface area contributed by atoms with E-state index < -0.39 is 29.6 Å². The summed E-state index contributed by atoms with van der Waals surface area (Å²) in [5.41, 5.74) is 0.0504. The van der Waals surface area contributed by atoms with Gasteiger partial charge in [-0.05, 0) is 18.6 Å². The summed E-state index contributed by atoms with van der Waals surface area (Å²) in [4.78, 5) is 24.2. The van der Waals surface area contributed by atoms with Crippen LogP contribution in [-0.4, -0.2) is 38.1 Å². The molecule has 1 saturated heterocycles. The highest BCUT2D eigenvalue weighted by Crippen LogP contribution is 2.29. The molecule has 1 aromatic carbocycles. The van der Waals surface area contributed by atoms with Gasteiger partial charge in [0.2, 0.25) is 5.91 Å². The predicted octanol–water partition coefficient (Wildman–Crippen LogP) is 0.833. The number of carbonyl (C=O) groups excluding carboxylic acids is 2. The molecular formula is C13H14F2N2O3. The molecular weight excluding hydrogens is 270 g/mol. The molecule has 0 spiro atoms. The number of carbonyl (C=O) groups is 2. The normalized spacial score (nSPS) is 17.4. The minimum Gasteiger partial charge on any atom is -0.468 e. The number of hydrogen-bond acceptors (Lipinski definition) is 4. The van der Waals surface area contributed by atoms with Gasteiger partial charge < -0.3 is 15.0 Å². The highest BCUT2D eigenvalue weighted by Gasteiger charge is 2.35. The number of halogens is 2. The van der Waals surface area contributed by atoms with Crippen molar-refractivity contribution in [3.63, 3.8) is 0 Å². The van der Waals surface area contributed by atoms with Crippen LogP contribution in [0.1, 0.15) is 6.42 Å². The van der Waals surface area contributed by atoms with Gasteiger partial charge in [-0.3, -0.25) is 9.59 Å². The van der Waals surface area contributed by atoms with Gasteiger partial charge in [-0.15, -0.1) is 0 Å². The third-order valence-corrected chi connectivity index (χ3v) is 3.17. The molecule has 1 aromatic rings. The van der Waals surface area contributed by atoms with Crippen molar-refractivity contribution in [2.75, 3.05) is 25.1 Å². The number of esters is 1. The van der Waals surface area contributed by atoms with E-state index in [1.54, 1.807) is 0 Å². The number of hydrogen-bond donors (Lipinski definition) is 1. The summed E-state index contributed by atoms with van der Waals surface area (Å²) in [6.45, 7) is 0.210. The van der Waals surface area contributed by atoms with Crippen LogP contribution in [-0.2, 0) is 14.3 Å². The van der Waals surface area contributed by atoms with Crippen LogP contribution in [0.4, 0.5) is 14.5 Å². The SMILES string of the molecule is COC(=O)CNC(=O)[C@@H]1CCN1c1cc(F)ccc1F. The second-order valence-electron chi connectivity index (χ2n) is 4.39. The lowest BCUT2D eigenvalue weighted by Crippen LogP contribution is -2.57.